The summed E-state index contributed by atoms with van der Waals surface area (Å²) in [5.41, 5.74) is -0.273. The third kappa shape index (κ3) is 5.23. The zero-order chi connectivity index (χ0) is 15.0. The maximum atomic E-state index is 13.4. The van der Waals surface area contributed by atoms with E-state index in [0.717, 1.165) is 18.2 Å². The van der Waals surface area contributed by atoms with Crippen molar-refractivity contribution in [3.8, 4) is 0 Å². The summed E-state index contributed by atoms with van der Waals surface area (Å²) < 4.78 is 18.5. The number of aromatic carboxylic acids is 1. The lowest BCUT2D eigenvalue weighted by Gasteiger charge is -2.09. The number of anilines is 1. The number of rotatable bonds is 7. The van der Waals surface area contributed by atoms with Gasteiger partial charge in [0.15, 0.2) is 0 Å². The summed E-state index contributed by atoms with van der Waals surface area (Å²) in [6.07, 6.45) is 0.638. The Hall–Kier alpha value is -2.15. The standard InChI is InChI=1S/C13H17FN2O4/c1-2-20-7-3-6-15-13(19)16-11-8-9(12(17)18)4-5-10(11)14/h4-5,8H,2-3,6-7H2,1H3,(H,17,18)(H2,15,16,19). The molecule has 110 valence electrons. The summed E-state index contributed by atoms with van der Waals surface area (Å²) in [5.74, 6) is -1.88. The van der Waals surface area contributed by atoms with Crippen molar-refractivity contribution in [2.24, 2.45) is 0 Å². The highest BCUT2D eigenvalue weighted by Crippen LogP contribution is 2.16. The molecule has 1 aromatic carbocycles. The molecule has 0 spiro atoms. The van der Waals surface area contributed by atoms with Gasteiger partial charge in [-0.25, -0.2) is 14.0 Å². The molecular weight excluding hydrogens is 267 g/mol. The van der Waals surface area contributed by atoms with Crippen molar-refractivity contribution in [3.63, 3.8) is 0 Å². The Balaban J connectivity index is 2.49. The van der Waals surface area contributed by atoms with Gasteiger partial charge in [-0.15, -0.1) is 0 Å². The summed E-state index contributed by atoms with van der Waals surface area (Å²) in [5, 5.41) is 13.6. The molecule has 1 rings (SSSR count). The molecule has 0 aliphatic heterocycles. The number of amides is 2. The first kappa shape index (κ1) is 15.9. The summed E-state index contributed by atoms with van der Waals surface area (Å²) in [4.78, 5) is 22.3. The molecule has 0 aromatic heterocycles. The van der Waals surface area contributed by atoms with Crippen molar-refractivity contribution in [1.82, 2.24) is 5.32 Å². The van der Waals surface area contributed by atoms with Crippen LogP contribution < -0.4 is 10.6 Å². The van der Waals surface area contributed by atoms with E-state index >= 15 is 0 Å². The molecule has 0 bridgehead atoms. The lowest BCUT2D eigenvalue weighted by Crippen LogP contribution is -2.30. The van der Waals surface area contributed by atoms with Gasteiger partial charge >= 0.3 is 12.0 Å². The second kappa shape index (κ2) is 8.11. The van der Waals surface area contributed by atoms with Crippen LogP contribution in [0.15, 0.2) is 18.2 Å². The zero-order valence-electron chi connectivity index (χ0n) is 11.1. The number of ether oxygens (including phenoxy) is 1. The van der Waals surface area contributed by atoms with E-state index in [0.29, 0.717) is 26.2 Å². The number of carbonyl (C=O) groups is 2. The van der Waals surface area contributed by atoms with Gasteiger partial charge in [0.1, 0.15) is 5.82 Å². The van der Waals surface area contributed by atoms with Crippen LogP contribution in [-0.4, -0.2) is 36.9 Å². The van der Waals surface area contributed by atoms with E-state index < -0.39 is 17.8 Å². The van der Waals surface area contributed by atoms with Gasteiger partial charge in [-0.2, -0.15) is 0 Å². The molecule has 7 heteroatoms. The fourth-order valence-corrected chi connectivity index (χ4v) is 1.44. The van der Waals surface area contributed by atoms with Crippen LogP contribution in [0.1, 0.15) is 23.7 Å². The Labute approximate surface area is 115 Å². The number of hydrogen-bond donors (Lipinski definition) is 3. The average Bonchev–Trinajstić information content (AvgIpc) is 2.40. The van der Waals surface area contributed by atoms with Gasteiger partial charge < -0.3 is 20.5 Å². The molecule has 0 saturated carbocycles. The van der Waals surface area contributed by atoms with Crippen LogP contribution in [0.4, 0.5) is 14.9 Å². The summed E-state index contributed by atoms with van der Waals surface area (Å²) >= 11 is 0. The highest BCUT2D eigenvalue weighted by Gasteiger charge is 2.10. The molecule has 20 heavy (non-hydrogen) atoms. The SMILES string of the molecule is CCOCCCNC(=O)Nc1cc(C(=O)O)ccc1F. The second-order valence-corrected chi connectivity index (χ2v) is 3.93. The minimum absolute atomic E-state index is 0.0990. The number of carboxylic acid groups (broad SMARTS) is 1. The van der Waals surface area contributed by atoms with Crippen molar-refractivity contribution in [2.45, 2.75) is 13.3 Å². The molecule has 0 unspecified atom stereocenters. The van der Waals surface area contributed by atoms with Crippen molar-refractivity contribution >= 4 is 17.7 Å². The number of carboxylic acids is 1. The number of hydrogen-bond acceptors (Lipinski definition) is 3. The van der Waals surface area contributed by atoms with Gasteiger partial charge in [-0.3, -0.25) is 0 Å². The number of benzene rings is 1. The maximum absolute atomic E-state index is 13.4. The number of nitrogens with one attached hydrogen (secondary N) is 2. The highest BCUT2D eigenvalue weighted by molar-refractivity contribution is 5.93. The summed E-state index contributed by atoms with van der Waals surface area (Å²) in [6.45, 7) is 3.39. The van der Waals surface area contributed by atoms with Crippen LogP contribution in [0.5, 0.6) is 0 Å². The largest absolute Gasteiger partial charge is 0.478 e. The van der Waals surface area contributed by atoms with E-state index in [1.807, 2.05) is 6.92 Å². The molecule has 0 aliphatic rings. The van der Waals surface area contributed by atoms with E-state index in [-0.39, 0.29) is 11.3 Å². The Morgan fingerprint density at radius 1 is 1.40 bits per heavy atom. The quantitative estimate of drug-likeness (QED) is 0.669. The molecule has 1 aromatic rings. The average molecular weight is 284 g/mol. The highest BCUT2D eigenvalue weighted by atomic mass is 19.1. The topological polar surface area (TPSA) is 87.7 Å². The molecule has 3 N–H and O–H groups in total. The van der Waals surface area contributed by atoms with Crippen molar-refractivity contribution in [2.75, 3.05) is 25.1 Å². The van der Waals surface area contributed by atoms with Gasteiger partial charge in [0, 0.05) is 19.8 Å². The van der Waals surface area contributed by atoms with Crippen molar-refractivity contribution < 1.29 is 23.8 Å². The Morgan fingerprint density at radius 3 is 2.80 bits per heavy atom. The Kier molecular flexibility index (Phi) is 6.45. The predicted molar refractivity (Wildman–Crippen MR) is 71.5 cm³/mol. The smallest absolute Gasteiger partial charge is 0.335 e. The molecule has 0 fully saturated rings. The third-order valence-electron chi connectivity index (χ3n) is 2.42. The van der Waals surface area contributed by atoms with E-state index in [4.69, 9.17) is 9.84 Å². The van der Waals surface area contributed by atoms with Crippen LogP contribution in [0.3, 0.4) is 0 Å². The molecule has 2 amide bonds. The third-order valence-corrected chi connectivity index (χ3v) is 2.42. The molecule has 0 atom stereocenters. The molecular formula is C13H17FN2O4. The van der Waals surface area contributed by atoms with Gasteiger partial charge in [0.2, 0.25) is 0 Å². The van der Waals surface area contributed by atoms with Crippen LogP contribution in [0.2, 0.25) is 0 Å². The molecule has 0 radical (unpaired) electrons. The van der Waals surface area contributed by atoms with Crippen LogP contribution in [-0.2, 0) is 4.74 Å². The van der Waals surface area contributed by atoms with E-state index in [1.54, 1.807) is 0 Å². The minimum Gasteiger partial charge on any atom is -0.478 e. The van der Waals surface area contributed by atoms with Crippen LogP contribution >= 0.6 is 0 Å². The second-order valence-electron chi connectivity index (χ2n) is 3.93. The first-order chi connectivity index (χ1) is 9.54. The fourth-order valence-electron chi connectivity index (χ4n) is 1.44. The number of halogens is 1. The zero-order valence-corrected chi connectivity index (χ0v) is 11.1. The monoisotopic (exact) mass is 284 g/mol. The van der Waals surface area contributed by atoms with Gasteiger partial charge in [0.25, 0.3) is 0 Å². The van der Waals surface area contributed by atoms with Crippen LogP contribution in [0.25, 0.3) is 0 Å². The lowest BCUT2D eigenvalue weighted by molar-refractivity contribution is 0.0697. The molecule has 0 aliphatic carbocycles. The Bertz CT molecular complexity index is 479. The van der Waals surface area contributed by atoms with Crippen molar-refractivity contribution in [3.05, 3.63) is 29.6 Å². The lowest BCUT2D eigenvalue weighted by atomic mass is 10.2. The summed E-state index contributed by atoms with van der Waals surface area (Å²) in [6, 6.07) is 2.59. The molecule has 0 saturated heterocycles. The molecule has 6 nitrogen and oxygen atoms in total. The van der Waals surface area contributed by atoms with Gasteiger partial charge in [0.05, 0.1) is 11.3 Å². The first-order valence-electron chi connectivity index (χ1n) is 6.20. The predicted octanol–water partition coefficient (Wildman–Crippen LogP) is 2.07. The fraction of sp³-hybridized carbons (Fsp3) is 0.385. The summed E-state index contributed by atoms with van der Waals surface area (Å²) in [7, 11) is 0. The number of carbonyl (C=O) groups excluding carboxylic acids is 1. The maximum Gasteiger partial charge on any atom is 0.335 e. The van der Waals surface area contributed by atoms with Gasteiger partial charge in [-0.1, -0.05) is 0 Å². The molecule has 0 heterocycles. The van der Waals surface area contributed by atoms with E-state index in [2.05, 4.69) is 10.6 Å². The Morgan fingerprint density at radius 2 is 2.15 bits per heavy atom. The van der Waals surface area contributed by atoms with E-state index in [1.165, 1.54) is 0 Å². The van der Waals surface area contributed by atoms with E-state index in [9.17, 15) is 14.0 Å². The number of urea groups is 1. The minimum atomic E-state index is -1.19. The van der Waals surface area contributed by atoms with Crippen molar-refractivity contribution in [1.29, 1.82) is 0 Å². The van der Waals surface area contributed by atoms with Crippen LogP contribution in [0, 0.1) is 5.82 Å². The normalized spacial score (nSPS) is 10.1. The first-order valence-corrected chi connectivity index (χ1v) is 6.20. The van der Waals surface area contributed by atoms with Gasteiger partial charge in [-0.05, 0) is 31.5 Å².